The van der Waals surface area contributed by atoms with Gasteiger partial charge in [0.25, 0.3) is 0 Å². The molecule has 1 aromatic carbocycles. The summed E-state index contributed by atoms with van der Waals surface area (Å²) >= 11 is 0. The second-order valence-electron chi connectivity index (χ2n) is 7.94. The highest BCUT2D eigenvalue weighted by molar-refractivity contribution is 5.55. The number of hydrogen-bond acceptors (Lipinski definition) is 3. The Bertz CT molecular complexity index is 656. The molecule has 3 nitrogen and oxygen atoms in total. The second-order valence-corrected chi connectivity index (χ2v) is 7.94. The van der Waals surface area contributed by atoms with Gasteiger partial charge in [0, 0.05) is 18.0 Å². The summed E-state index contributed by atoms with van der Waals surface area (Å²) < 4.78 is 18.7. The molecule has 4 heteroatoms. The molecule has 0 aliphatic rings. The molecule has 0 radical (unpaired) electrons. The molecule has 1 heterocycles. The van der Waals surface area contributed by atoms with Crippen molar-refractivity contribution in [2.24, 2.45) is 0 Å². The Hall–Kier alpha value is -1.97. The summed E-state index contributed by atoms with van der Waals surface area (Å²) in [7, 11) is 0. The van der Waals surface area contributed by atoms with Crippen LogP contribution in [0, 0.1) is 0 Å². The maximum Gasteiger partial charge on any atom is 0.159 e. The molecule has 0 aliphatic carbocycles. The number of ether oxygens (including phenoxy) is 1. The lowest BCUT2D eigenvalue weighted by atomic mass is 10.1. The van der Waals surface area contributed by atoms with Crippen LogP contribution in [0.4, 0.5) is 4.39 Å². The molecule has 2 rings (SSSR count). The van der Waals surface area contributed by atoms with E-state index in [9.17, 15) is 4.39 Å². The average Bonchev–Trinajstić information content (AvgIpc) is 2.73. The van der Waals surface area contributed by atoms with Gasteiger partial charge in [-0.25, -0.2) is 14.4 Å². The summed E-state index contributed by atoms with van der Waals surface area (Å²) in [6.07, 6.45) is 15.6. The zero-order valence-electron chi connectivity index (χ0n) is 18.2. The van der Waals surface area contributed by atoms with Gasteiger partial charge in [-0.1, -0.05) is 51.9 Å². The summed E-state index contributed by atoms with van der Waals surface area (Å²) in [6, 6.07) is 7.98. The van der Waals surface area contributed by atoms with Crippen LogP contribution < -0.4 is 4.74 Å². The maximum atomic E-state index is 12.9. The van der Waals surface area contributed by atoms with Crippen molar-refractivity contribution in [2.75, 3.05) is 6.61 Å². The van der Waals surface area contributed by atoms with Gasteiger partial charge in [-0.05, 0) is 62.4 Å². The fourth-order valence-electron chi connectivity index (χ4n) is 3.35. The van der Waals surface area contributed by atoms with E-state index >= 15 is 0 Å². The first-order valence-corrected chi connectivity index (χ1v) is 11.4. The van der Waals surface area contributed by atoms with Crippen LogP contribution in [0.5, 0.6) is 5.75 Å². The van der Waals surface area contributed by atoms with Crippen molar-refractivity contribution in [3.63, 3.8) is 0 Å². The second kappa shape index (κ2) is 14.1. The molecule has 0 amide bonds. The molecule has 1 aromatic heterocycles. The highest BCUT2D eigenvalue weighted by atomic mass is 19.1. The van der Waals surface area contributed by atoms with E-state index in [-0.39, 0.29) is 0 Å². The number of nitrogens with zero attached hydrogens (tertiary/aromatic N) is 2. The van der Waals surface area contributed by atoms with Gasteiger partial charge in [-0.15, -0.1) is 0 Å². The Morgan fingerprint density at radius 2 is 1.48 bits per heavy atom. The lowest BCUT2D eigenvalue weighted by Gasteiger charge is -2.07. The van der Waals surface area contributed by atoms with Crippen LogP contribution in [-0.4, -0.2) is 22.7 Å². The molecule has 0 bridgehead atoms. The molecular formula is C25H37FN2O. The molecule has 0 saturated carbocycles. The SMILES string of the molecule is CCCCCCCCCCOc1ccc(-c2ncc(CCCC(C)F)cn2)cc1. The molecule has 0 spiro atoms. The maximum absolute atomic E-state index is 12.9. The van der Waals surface area contributed by atoms with Crippen LogP contribution in [0.3, 0.4) is 0 Å². The number of rotatable bonds is 15. The molecule has 0 saturated heterocycles. The van der Waals surface area contributed by atoms with E-state index in [1.54, 1.807) is 6.92 Å². The minimum Gasteiger partial charge on any atom is -0.494 e. The summed E-state index contributed by atoms with van der Waals surface area (Å²) in [5.74, 6) is 1.61. The van der Waals surface area contributed by atoms with Crippen LogP contribution in [0.2, 0.25) is 0 Å². The largest absolute Gasteiger partial charge is 0.494 e. The van der Waals surface area contributed by atoms with Gasteiger partial charge in [0.2, 0.25) is 0 Å². The lowest BCUT2D eigenvalue weighted by Crippen LogP contribution is -1.98. The van der Waals surface area contributed by atoms with Crippen LogP contribution in [-0.2, 0) is 6.42 Å². The van der Waals surface area contributed by atoms with Gasteiger partial charge in [0.15, 0.2) is 5.82 Å². The first kappa shape index (κ1) is 23.3. The molecular weight excluding hydrogens is 363 g/mol. The predicted molar refractivity (Wildman–Crippen MR) is 119 cm³/mol. The quantitative estimate of drug-likeness (QED) is 0.293. The van der Waals surface area contributed by atoms with Crippen LogP contribution in [0.15, 0.2) is 36.7 Å². The summed E-state index contributed by atoms with van der Waals surface area (Å²) in [6.45, 7) is 4.63. The molecule has 29 heavy (non-hydrogen) atoms. The molecule has 2 aromatic rings. The number of alkyl halides is 1. The average molecular weight is 401 g/mol. The van der Waals surface area contributed by atoms with Gasteiger partial charge in [0.05, 0.1) is 12.8 Å². The predicted octanol–water partition coefficient (Wildman–Crippen LogP) is 7.34. The van der Waals surface area contributed by atoms with Gasteiger partial charge in [0.1, 0.15) is 5.75 Å². The Balaban J connectivity index is 1.66. The van der Waals surface area contributed by atoms with Crippen molar-refractivity contribution in [3.05, 3.63) is 42.2 Å². The first-order chi connectivity index (χ1) is 14.2. The molecule has 0 aliphatic heterocycles. The Kier molecular flexibility index (Phi) is 11.3. The van der Waals surface area contributed by atoms with E-state index in [2.05, 4.69) is 16.9 Å². The third-order valence-electron chi connectivity index (χ3n) is 5.15. The van der Waals surface area contributed by atoms with E-state index in [0.717, 1.165) is 42.7 Å². The van der Waals surface area contributed by atoms with Gasteiger partial charge in [-0.3, -0.25) is 0 Å². The third kappa shape index (κ3) is 9.87. The molecule has 160 valence electrons. The number of hydrogen-bond donors (Lipinski definition) is 0. The number of benzene rings is 1. The molecule has 1 unspecified atom stereocenters. The fraction of sp³-hybridized carbons (Fsp3) is 0.600. The van der Waals surface area contributed by atoms with Gasteiger partial charge < -0.3 is 4.74 Å². The van der Waals surface area contributed by atoms with Crippen LogP contribution in [0.25, 0.3) is 11.4 Å². The topological polar surface area (TPSA) is 35.0 Å². The standard InChI is InChI=1S/C25H37FN2O/c1-3-4-5-6-7-8-9-10-18-29-24-16-14-23(15-17-24)25-27-19-22(20-28-25)13-11-12-21(2)26/h14-17,19-21H,3-13,18H2,1-2H3. The van der Waals surface area contributed by atoms with E-state index in [1.807, 2.05) is 36.7 Å². The van der Waals surface area contributed by atoms with E-state index in [1.165, 1.54) is 44.9 Å². The third-order valence-corrected chi connectivity index (χ3v) is 5.15. The summed E-state index contributed by atoms with van der Waals surface area (Å²) in [4.78, 5) is 8.91. The minimum absolute atomic E-state index is 0.585. The van der Waals surface area contributed by atoms with Crippen molar-refractivity contribution in [3.8, 4) is 17.1 Å². The molecule has 0 N–H and O–H groups in total. The Labute approximate surface area is 176 Å². The smallest absolute Gasteiger partial charge is 0.159 e. The number of unbranched alkanes of at least 4 members (excludes halogenated alkanes) is 7. The zero-order valence-corrected chi connectivity index (χ0v) is 18.2. The molecule has 1 atom stereocenters. The summed E-state index contributed by atoms with van der Waals surface area (Å²) in [5, 5.41) is 0. The molecule has 0 fully saturated rings. The van der Waals surface area contributed by atoms with Crippen LogP contribution in [0.1, 0.15) is 83.6 Å². The minimum atomic E-state index is -0.744. The first-order valence-electron chi connectivity index (χ1n) is 11.4. The lowest BCUT2D eigenvalue weighted by molar-refractivity contribution is 0.304. The number of halogens is 1. The number of aromatic nitrogens is 2. The number of aryl methyl sites for hydroxylation is 1. The van der Waals surface area contributed by atoms with Crippen molar-refractivity contribution in [1.82, 2.24) is 9.97 Å². The summed E-state index contributed by atoms with van der Waals surface area (Å²) in [5.41, 5.74) is 2.04. The fourth-order valence-corrected chi connectivity index (χ4v) is 3.35. The van der Waals surface area contributed by atoms with E-state index in [0.29, 0.717) is 12.2 Å². The normalized spacial score (nSPS) is 12.1. The van der Waals surface area contributed by atoms with Gasteiger partial charge in [-0.2, -0.15) is 0 Å². The van der Waals surface area contributed by atoms with Crippen LogP contribution >= 0.6 is 0 Å². The van der Waals surface area contributed by atoms with Crippen molar-refractivity contribution < 1.29 is 9.13 Å². The van der Waals surface area contributed by atoms with E-state index in [4.69, 9.17) is 4.74 Å². The van der Waals surface area contributed by atoms with Crippen molar-refractivity contribution in [1.29, 1.82) is 0 Å². The van der Waals surface area contributed by atoms with Crippen molar-refractivity contribution >= 4 is 0 Å². The highest BCUT2D eigenvalue weighted by Crippen LogP contribution is 2.20. The monoisotopic (exact) mass is 400 g/mol. The Morgan fingerprint density at radius 3 is 2.10 bits per heavy atom. The van der Waals surface area contributed by atoms with E-state index < -0.39 is 6.17 Å². The highest BCUT2D eigenvalue weighted by Gasteiger charge is 2.04. The zero-order chi connectivity index (χ0) is 20.7. The van der Waals surface area contributed by atoms with Crippen molar-refractivity contribution in [2.45, 2.75) is 90.6 Å². The Morgan fingerprint density at radius 1 is 0.862 bits per heavy atom. The van der Waals surface area contributed by atoms with Gasteiger partial charge >= 0.3 is 0 Å².